The molecule has 0 aliphatic rings. The maximum absolute atomic E-state index is 12.2. The number of hydrogen-bond donors (Lipinski definition) is 1. The lowest BCUT2D eigenvalue weighted by molar-refractivity contribution is -0.127. The molecule has 2 aromatic carbocycles. The molecule has 0 fully saturated rings. The largest absolute Gasteiger partial charge is 0.481 e. The summed E-state index contributed by atoms with van der Waals surface area (Å²) in [4.78, 5) is 12.2. The average molecular weight is 386 g/mol. The molecule has 0 radical (unpaired) electrons. The van der Waals surface area contributed by atoms with Crippen LogP contribution in [0.1, 0.15) is 44.4 Å². The summed E-state index contributed by atoms with van der Waals surface area (Å²) in [6.07, 6.45) is -0.507. The van der Waals surface area contributed by atoms with Crippen molar-refractivity contribution in [1.29, 1.82) is 0 Å². The molecule has 3 nitrogen and oxygen atoms in total. The Bertz CT molecular complexity index is 718. The molecular formula is C23H31NO2S. The van der Waals surface area contributed by atoms with Crippen LogP contribution in [-0.4, -0.2) is 24.3 Å². The first-order valence-electron chi connectivity index (χ1n) is 9.44. The number of carbonyl (C=O) groups is 1. The second-order valence-electron chi connectivity index (χ2n) is 7.86. The Morgan fingerprint density at radius 1 is 1.07 bits per heavy atom. The standard InChI is InChI=1S/C23H31NO2S/c1-17-6-8-19(9-7-17)16-27-15-14-24-22(25)18(2)26-21-12-10-20(11-13-21)23(3,4)5/h6-13,18H,14-16H2,1-5H3,(H,24,25). The summed E-state index contributed by atoms with van der Waals surface area (Å²) in [6.45, 7) is 11.1. The minimum Gasteiger partial charge on any atom is -0.481 e. The molecule has 0 saturated heterocycles. The fourth-order valence-corrected chi connectivity index (χ4v) is 3.37. The van der Waals surface area contributed by atoms with E-state index < -0.39 is 6.10 Å². The molecule has 1 atom stereocenters. The molecule has 0 aliphatic heterocycles. The van der Waals surface area contributed by atoms with Crippen LogP contribution in [0.25, 0.3) is 0 Å². The van der Waals surface area contributed by atoms with Crippen LogP contribution >= 0.6 is 11.8 Å². The second kappa shape index (κ2) is 9.84. The van der Waals surface area contributed by atoms with Gasteiger partial charge in [0.25, 0.3) is 5.91 Å². The Morgan fingerprint density at radius 3 is 2.30 bits per heavy atom. The number of rotatable bonds is 8. The first kappa shape index (κ1) is 21.4. The molecule has 2 aromatic rings. The van der Waals surface area contributed by atoms with Crippen LogP contribution in [0.5, 0.6) is 5.75 Å². The molecule has 1 N–H and O–H groups in total. The van der Waals surface area contributed by atoms with Crippen molar-refractivity contribution in [2.45, 2.75) is 51.9 Å². The van der Waals surface area contributed by atoms with Gasteiger partial charge in [-0.1, -0.05) is 62.7 Å². The Hall–Kier alpha value is -1.94. The average Bonchev–Trinajstić information content (AvgIpc) is 2.62. The van der Waals surface area contributed by atoms with Gasteiger partial charge in [0.15, 0.2) is 6.10 Å². The van der Waals surface area contributed by atoms with Crippen molar-refractivity contribution in [1.82, 2.24) is 5.32 Å². The van der Waals surface area contributed by atoms with Crippen molar-refractivity contribution in [3.8, 4) is 5.75 Å². The highest BCUT2D eigenvalue weighted by molar-refractivity contribution is 7.98. The first-order chi connectivity index (χ1) is 12.8. The van der Waals surface area contributed by atoms with Gasteiger partial charge in [0.1, 0.15) is 5.75 Å². The molecule has 1 unspecified atom stereocenters. The zero-order chi connectivity index (χ0) is 19.9. The van der Waals surface area contributed by atoms with E-state index in [0.29, 0.717) is 6.54 Å². The predicted octanol–water partition coefficient (Wildman–Crippen LogP) is 5.11. The zero-order valence-corrected chi connectivity index (χ0v) is 17.9. The number of ether oxygens (including phenoxy) is 1. The summed E-state index contributed by atoms with van der Waals surface area (Å²) in [5.74, 6) is 2.49. The van der Waals surface area contributed by atoms with Crippen LogP contribution in [0.3, 0.4) is 0 Å². The van der Waals surface area contributed by atoms with Crippen molar-refractivity contribution >= 4 is 17.7 Å². The molecule has 4 heteroatoms. The van der Waals surface area contributed by atoms with Crippen LogP contribution in [-0.2, 0) is 16.0 Å². The quantitative estimate of drug-likeness (QED) is 0.642. The first-order valence-corrected chi connectivity index (χ1v) is 10.6. The maximum atomic E-state index is 12.2. The third-order valence-electron chi connectivity index (χ3n) is 4.34. The Labute approximate surface area is 167 Å². The Kier molecular flexibility index (Phi) is 7.78. The van der Waals surface area contributed by atoms with E-state index in [-0.39, 0.29) is 11.3 Å². The van der Waals surface area contributed by atoms with Gasteiger partial charge in [0.2, 0.25) is 0 Å². The molecule has 0 aliphatic carbocycles. The number of benzene rings is 2. The lowest BCUT2D eigenvalue weighted by Gasteiger charge is -2.20. The van der Waals surface area contributed by atoms with Crippen LogP contribution in [0.4, 0.5) is 0 Å². The predicted molar refractivity (Wildman–Crippen MR) is 116 cm³/mol. The van der Waals surface area contributed by atoms with E-state index >= 15 is 0 Å². The molecule has 2 rings (SSSR count). The van der Waals surface area contributed by atoms with Crippen molar-refractivity contribution in [3.63, 3.8) is 0 Å². The highest BCUT2D eigenvalue weighted by atomic mass is 32.2. The second-order valence-corrected chi connectivity index (χ2v) is 8.97. The van der Waals surface area contributed by atoms with E-state index in [4.69, 9.17) is 4.74 Å². The van der Waals surface area contributed by atoms with Gasteiger partial charge in [-0.3, -0.25) is 4.79 Å². The lowest BCUT2D eigenvalue weighted by Crippen LogP contribution is -2.37. The number of amides is 1. The third-order valence-corrected chi connectivity index (χ3v) is 5.37. The zero-order valence-electron chi connectivity index (χ0n) is 17.0. The summed E-state index contributed by atoms with van der Waals surface area (Å²) >= 11 is 1.82. The molecule has 146 valence electrons. The Morgan fingerprint density at radius 2 is 1.70 bits per heavy atom. The normalized spacial score (nSPS) is 12.5. The summed E-state index contributed by atoms with van der Waals surface area (Å²) in [7, 11) is 0. The molecule has 0 aromatic heterocycles. The fourth-order valence-electron chi connectivity index (χ4n) is 2.56. The molecule has 0 heterocycles. The number of nitrogens with one attached hydrogen (secondary N) is 1. The van der Waals surface area contributed by atoms with Gasteiger partial charge >= 0.3 is 0 Å². The highest BCUT2D eigenvalue weighted by Gasteiger charge is 2.16. The van der Waals surface area contributed by atoms with Gasteiger partial charge in [0.05, 0.1) is 0 Å². The molecule has 27 heavy (non-hydrogen) atoms. The van der Waals surface area contributed by atoms with Gasteiger partial charge in [-0.25, -0.2) is 0 Å². The topological polar surface area (TPSA) is 38.3 Å². The number of aryl methyl sites for hydroxylation is 1. The van der Waals surface area contributed by atoms with E-state index in [9.17, 15) is 4.79 Å². The highest BCUT2D eigenvalue weighted by Crippen LogP contribution is 2.24. The van der Waals surface area contributed by atoms with E-state index in [2.05, 4.69) is 69.4 Å². The minimum absolute atomic E-state index is 0.0779. The van der Waals surface area contributed by atoms with Gasteiger partial charge < -0.3 is 10.1 Å². The van der Waals surface area contributed by atoms with Gasteiger partial charge in [-0.05, 0) is 42.5 Å². The number of hydrogen-bond acceptors (Lipinski definition) is 3. The van der Waals surface area contributed by atoms with E-state index in [1.165, 1.54) is 16.7 Å². The Balaban J connectivity index is 1.68. The smallest absolute Gasteiger partial charge is 0.260 e. The summed E-state index contributed by atoms with van der Waals surface area (Å²) in [5, 5.41) is 2.95. The lowest BCUT2D eigenvalue weighted by atomic mass is 9.87. The maximum Gasteiger partial charge on any atom is 0.260 e. The van der Waals surface area contributed by atoms with Crippen molar-refractivity contribution < 1.29 is 9.53 Å². The molecular weight excluding hydrogens is 354 g/mol. The SMILES string of the molecule is Cc1ccc(CSCCNC(=O)C(C)Oc2ccc(C(C)(C)C)cc2)cc1. The van der Waals surface area contributed by atoms with Crippen LogP contribution in [0.2, 0.25) is 0 Å². The minimum atomic E-state index is -0.507. The fraction of sp³-hybridized carbons (Fsp3) is 0.435. The molecule has 0 spiro atoms. The monoisotopic (exact) mass is 385 g/mol. The van der Waals surface area contributed by atoms with E-state index in [0.717, 1.165) is 17.3 Å². The van der Waals surface area contributed by atoms with Crippen LogP contribution in [0, 0.1) is 6.92 Å². The molecule has 0 saturated carbocycles. The number of carbonyl (C=O) groups excluding carboxylic acids is 1. The summed E-state index contributed by atoms with van der Waals surface area (Å²) in [5.41, 5.74) is 3.94. The summed E-state index contributed by atoms with van der Waals surface area (Å²) in [6, 6.07) is 16.5. The molecule has 0 bridgehead atoms. The summed E-state index contributed by atoms with van der Waals surface area (Å²) < 4.78 is 5.76. The van der Waals surface area contributed by atoms with E-state index in [1.54, 1.807) is 6.92 Å². The third kappa shape index (κ3) is 7.30. The van der Waals surface area contributed by atoms with Crippen molar-refractivity contribution in [3.05, 3.63) is 65.2 Å². The van der Waals surface area contributed by atoms with E-state index in [1.807, 2.05) is 23.9 Å². The van der Waals surface area contributed by atoms with Gasteiger partial charge in [-0.2, -0.15) is 11.8 Å². The van der Waals surface area contributed by atoms with Crippen LogP contribution in [0.15, 0.2) is 48.5 Å². The van der Waals surface area contributed by atoms with Crippen LogP contribution < -0.4 is 10.1 Å². The molecule has 1 amide bonds. The van der Waals surface area contributed by atoms with Gasteiger partial charge in [-0.15, -0.1) is 0 Å². The van der Waals surface area contributed by atoms with Crippen molar-refractivity contribution in [2.75, 3.05) is 12.3 Å². The van der Waals surface area contributed by atoms with Gasteiger partial charge in [0, 0.05) is 18.1 Å². The van der Waals surface area contributed by atoms with Crippen molar-refractivity contribution in [2.24, 2.45) is 0 Å². The number of thioether (sulfide) groups is 1.